The van der Waals surface area contributed by atoms with Gasteiger partial charge in [0.15, 0.2) is 0 Å². The maximum Gasteiger partial charge on any atom is 0.227 e. The zero-order valence-corrected chi connectivity index (χ0v) is 16.2. The van der Waals surface area contributed by atoms with E-state index in [0.29, 0.717) is 18.9 Å². The minimum atomic E-state index is -0.247. The number of nitrogens with zero attached hydrogens (tertiary/aromatic N) is 1. The summed E-state index contributed by atoms with van der Waals surface area (Å²) in [5.41, 5.74) is 3.30. The number of piperidine rings is 1. The highest BCUT2D eigenvalue weighted by Gasteiger charge is 2.25. The van der Waals surface area contributed by atoms with Gasteiger partial charge in [0.2, 0.25) is 5.91 Å². The Morgan fingerprint density at radius 2 is 1.63 bits per heavy atom. The lowest BCUT2D eigenvalue weighted by atomic mass is 9.99. The van der Waals surface area contributed by atoms with Crippen LogP contribution in [0.1, 0.15) is 49.3 Å². The summed E-state index contributed by atoms with van der Waals surface area (Å²) in [5, 5.41) is 3.36. The number of hydrogen-bond acceptors (Lipinski definition) is 2. The Kier molecular flexibility index (Phi) is 6.62. The summed E-state index contributed by atoms with van der Waals surface area (Å²) >= 11 is 0. The van der Waals surface area contributed by atoms with Gasteiger partial charge in [0.25, 0.3) is 0 Å². The first-order valence-corrected chi connectivity index (χ1v) is 9.86. The summed E-state index contributed by atoms with van der Waals surface area (Å²) in [7, 11) is 0. The maximum absolute atomic E-state index is 13.2. The van der Waals surface area contributed by atoms with Crippen molar-refractivity contribution in [2.75, 3.05) is 13.1 Å². The molecule has 0 aromatic heterocycles. The van der Waals surface area contributed by atoms with Crippen LogP contribution in [-0.4, -0.2) is 29.9 Å². The summed E-state index contributed by atoms with van der Waals surface area (Å²) < 4.78 is 13.2. The third kappa shape index (κ3) is 5.39. The molecule has 0 atom stereocenters. The molecule has 0 unspecified atom stereocenters. The fourth-order valence-electron chi connectivity index (χ4n) is 3.62. The molecule has 0 spiro atoms. The average Bonchev–Trinajstić information content (AvgIpc) is 2.68. The van der Waals surface area contributed by atoms with E-state index >= 15 is 0 Å². The van der Waals surface area contributed by atoms with Crippen molar-refractivity contribution < 1.29 is 9.18 Å². The Hall–Kier alpha value is -2.20. The fraction of sp³-hybridized carbons (Fsp3) is 0.435. The minimum absolute atomic E-state index is 0.142. The lowest BCUT2D eigenvalue weighted by Crippen LogP contribution is -2.46. The van der Waals surface area contributed by atoms with Crippen LogP contribution in [0.2, 0.25) is 0 Å². The van der Waals surface area contributed by atoms with Crippen LogP contribution < -0.4 is 5.32 Å². The van der Waals surface area contributed by atoms with Crippen molar-refractivity contribution >= 4 is 5.91 Å². The number of halogens is 1. The summed E-state index contributed by atoms with van der Waals surface area (Å²) in [5.74, 6) is 0.381. The number of amides is 1. The number of hydrogen-bond donors (Lipinski definition) is 1. The second-order valence-electron chi connectivity index (χ2n) is 7.70. The van der Waals surface area contributed by atoms with Crippen molar-refractivity contribution in [3.8, 4) is 0 Å². The van der Waals surface area contributed by atoms with Crippen LogP contribution in [0.15, 0.2) is 48.5 Å². The number of rotatable bonds is 6. The molecule has 1 aliphatic rings. The molecule has 144 valence electrons. The maximum atomic E-state index is 13.2. The third-order valence-corrected chi connectivity index (χ3v) is 5.34. The Bertz CT molecular complexity index is 734. The second-order valence-corrected chi connectivity index (χ2v) is 7.70. The summed E-state index contributed by atoms with van der Waals surface area (Å²) in [6, 6.07) is 15.1. The Balaban J connectivity index is 1.74. The van der Waals surface area contributed by atoms with Crippen molar-refractivity contribution in [3.63, 3.8) is 0 Å². The summed E-state index contributed by atoms with van der Waals surface area (Å²) in [6.45, 7) is 6.74. The van der Waals surface area contributed by atoms with Crippen molar-refractivity contribution in [3.05, 3.63) is 71.0 Å². The molecule has 27 heavy (non-hydrogen) atoms. The normalized spacial score (nSPS) is 15.1. The first-order valence-electron chi connectivity index (χ1n) is 9.86. The van der Waals surface area contributed by atoms with E-state index in [1.165, 1.54) is 17.7 Å². The minimum Gasteiger partial charge on any atom is -0.335 e. The lowest BCUT2D eigenvalue weighted by molar-refractivity contribution is -0.134. The third-order valence-electron chi connectivity index (χ3n) is 5.34. The highest BCUT2D eigenvalue weighted by Crippen LogP contribution is 2.19. The molecule has 0 saturated carbocycles. The van der Waals surface area contributed by atoms with E-state index in [-0.39, 0.29) is 17.8 Å². The molecule has 3 nitrogen and oxygen atoms in total. The standard InChI is InChI=1S/C23H29FN2O/c1-17(2)20-7-3-18(4-8-20)15-23(27)26(22-11-13-25-14-12-22)16-19-5-9-21(24)10-6-19/h3-10,17,22,25H,11-16H2,1-2H3. The van der Waals surface area contributed by atoms with E-state index in [0.717, 1.165) is 37.1 Å². The van der Waals surface area contributed by atoms with Crippen molar-refractivity contribution in [2.45, 2.75) is 51.6 Å². The zero-order valence-electron chi connectivity index (χ0n) is 16.2. The topological polar surface area (TPSA) is 32.3 Å². The quantitative estimate of drug-likeness (QED) is 0.826. The van der Waals surface area contributed by atoms with E-state index in [9.17, 15) is 9.18 Å². The molecule has 1 aliphatic heterocycles. The highest BCUT2D eigenvalue weighted by molar-refractivity contribution is 5.79. The largest absolute Gasteiger partial charge is 0.335 e. The number of benzene rings is 2. The van der Waals surface area contributed by atoms with Crippen LogP contribution in [-0.2, 0) is 17.8 Å². The Labute approximate surface area is 161 Å². The van der Waals surface area contributed by atoms with Gasteiger partial charge in [-0.2, -0.15) is 0 Å². The molecule has 4 heteroatoms. The summed E-state index contributed by atoms with van der Waals surface area (Å²) in [6.07, 6.45) is 2.32. The number of nitrogens with one attached hydrogen (secondary N) is 1. The van der Waals surface area contributed by atoms with Crippen LogP contribution >= 0.6 is 0 Å². The molecule has 0 bridgehead atoms. The van der Waals surface area contributed by atoms with Gasteiger partial charge in [0.1, 0.15) is 5.82 Å². The highest BCUT2D eigenvalue weighted by atomic mass is 19.1. The monoisotopic (exact) mass is 368 g/mol. The van der Waals surface area contributed by atoms with E-state index in [2.05, 4.69) is 43.4 Å². The van der Waals surface area contributed by atoms with Gasteiger partial charge in [0, 0.05) is 12.6 Å². The van der Waals surface area contributed by atoms with Gasteiger partial charge >= 0.3 is 0 Å². The van der Waals surface area contributed by atoms with Gasteiger partial charge in [-0.25, -0.2) is 4.39 Å². The SMILES string of the molecule is CC(C)c1ccc(CC(=O)N(Cc2ccc(F)cc2)C2CCNCC2)cc1. The molecule has 3 rings (SSSR count). The first kappa shape index (κ1) is 19.6. The molecule has 1 fully saturated rings. The molecule has 1 amide bonds. The van der Waals surface area contributed by atoms with E-state index < -0.39 is 0 Å². The van der Waals surface area contributed by atoms with Crippen molar-refractivity contribution in [1.82, 2.24) is 10.2 Å². The van der Waals surface area contributed by atoms with Crippen LogP contribution in [0.25, 0.3) is 0 Å². The molecule has 1 heterocycles. The predicted octanol–water partition coefficient (Wildman–Crippen LogP) is 4.27. The Morgan fingerprint density at radius 1 is 1.04 bits per heavy atom. The fourth-order valence-corrected chi connectivity index (χ4v) is 3.62. The van der Waals surface area contributed by atoms with Crippen LogP contribution in [0.4, 0.5) is 4.39 Å². The summed E-state index contributed by atoms with van der Waals surface area (Å²) in [4.78, 5) is 15.1. The van der Waals surface area contributed by atoms with Crippen LogP contribution in [0, 0.1) is 5.82 Å². The number of carbonyl (C=O) groups excluding carboxylic acids is 1. The molecule has 0 aliphatic carbocycles. The first-order chi connectivity index (χ1) is 13.0. The molecular formula is C23H29FN2O. The van der Waals surface area contributed by atoms with Crippen molar-refractivity contribution in [1.29, 1.82) is 0 Å². The molecule has 2 aromatic rings. The average molecular weight is 368 g/mol. The van der Waals surface area contributed by atoms with Gasteiger partial charge < -0.3 is 10.2 Å². The number of carbonyl (C=O) groups is 1. The molecule has 1 N–H and O–H groups in total. The molecule has 2 aromatic carbocycles. The van der Waals surface area contributed by atoms with Gasteiger partial charge in [-0.1, -0.05) is 50.2 Å². The molecule has 0 radical (unpaired) electrons. The van der Waals surface area contributed by atoms with Gasteiger partial charge in [-0.3, -0.25) is 4.79 Å². The van der Waals surface area contributed by atoms with E-state index in [1.54, 1.807) is 12.1 Å². The van der Waals surface area contributed by atoms with E-state index in [4.69, 9.17) is 0 Å². The Morgan fingerprint density at radius 3 is 2.22 bits per heavy atom. The lowest BCUT2D eigenvalue weighted by Gasteiger charge is -2.35. The van der Waals surface area contributed by atoms with Crippen molar-refractivity contribution in [2.24, 2.45) is 0 Å². The second kappa shape index (κ2) is 9.14. The smallest absolute Gasteiger partial charge is 0.227 e. The van der Waals surface area contributed by atoms with Gasteiger partial charge in [0.05, 0.1) is 6.42 Å². The van der Waals surface area contributed by atoms with Crippen LogP contribution in [0.3, 0.4) is 0 Å². The molecule has 1 saturated heterocycles. The predicted molar refractivity (Wildman–Crippen MR) is 107 cm³/mol. The van der Waals surface area contributed by atoms with Gasteiger partial charge in [-0.15, -0.1) is 0 Å². The molecular weight excluding hydrogens is 339 g/mol. The zero-order chi connectivity index (χ0) is 19.2. The van der Waals surface area contributed by atoms with Gasteiger partial charge in [-0.05, 0) is 60.7 Å². The van der Waals surface area contributed by atoms with E-state index in [1.807, 2.05) is 4.90 Å². The van der Waals surface area contributed by atoms with Crippen LogP contribution in [0.5, 0.6) is 0 Å².